The van der Waals surface area contributed by atoms with Gasteiger partial charge < -0.3 is 14.6 Å². The first-order valence-electron chi connectivity index (χ1n) is 8.60. The number of ether oxygens (including phenoxy) is 1. The molecule has 25 heavy (non-hydrogen) atoms. The van der Waals surface area contributed by atoms with Gasteiger partial charge in [0.15, 0.2) is 5.69 Å². The summed E-state index contributed by atoms with van der Waals surface area (Å²) in [5, 5.41) is 4.34. The van der Waals surface area contributed by atoms with E-state index < -0.39 is 0 Å². The van der Waals surface area contributed by atoms with Crippen molar-refractivity contribution in [1.82, 2.24) is 14.5 Å². The van der Waals surface area contributed by atoms with Gasteiger partial charge in [-0.25, -0.2) is 14.8 Å². The number of benzene rings is 1. The standard InChI is InChI=1S/C19H20N4O2/c1-2-25-19(24)17-16-15(14-9-6-10-23(14)17)18(22-12-21-16)20-11-13-7-4-3-5-8-13/h3-5,7-8,12H,2,6,9-11H2,1H3,(H,20,21,22). The molecule has 0 unspecified atom stereocenters. The van der Waals surface area contributed by atoms with Gasteiger partial charge in [0.1, 0.15) is 17.7 Å². The summed E-state index contributed by atoms with van der Waals surface area (Å²) in [4.78, 5) is 21.3. The van der Waals surface area contributed by atoms with Crippen LogP contribution in [0.2, 0.25) is 0 Å². The third-order valence-corrected chi connectivity index (χ3v) is 4.52. The Morgan fingerprint density at radius 3 is 2.92 bits per heavy atom. The van der Waals surface area contributed by atoms with Crippen LogP contribution in [0, 0.1) is 0 Å². The van der Waals surface area contributed by atoms with E-state index in [4.69, 9.17) is 4.74 Å². The molecule has 0 fully saturated rings. The third-order valence-electron chi connectivity index (χ3n) is 4.52. The molecule has 0 saturated carbocycles. The van der Waals surface area contributed by atoms with Crippen molar-refractivity contribution in [2.45, 2.75) is 32.9 Å². The second-order valence-electron chi connectivity index (χ2n) is 6.06. The van der Waals surface area contributed by atoms with Crippen LogP contribution in [-0.2, 0) is 24.2 Å². The maximum absolute atomic E-state index is 12.4. The van der Waals surface area contributed by atoms with Gasteiger partial charge in [-0.1, -0.05) is 30.3 Å². The Balaban J connectivity index is 1.76. The third kappa shape index (κ3) is 2.73. The van der Waals surface area contributed by atoms with Gasteiger partial charge in [0.25, 0.3) is 0 Å². The minimum atomic E-state index is -0.312. The maximum Gasteiger partial charge on any atom is 0.357 e. The van der Waals surface area contributed by atoms with Crippen molar-refractivity contribution in [2.24, 2.45) is 0 Å². The second-order valence-corrected chi connectivity index (χ2v) is 6.06. The number of esters is 1. The number of fused-ring (bicyclic) bond motifs is 3. The maximum atomic E-state index is 12.4. The molecule has 0 radical (unpaired) electrons. The number of hydrogen-bond donors (Lipinski definition) is 1. The number of anilines is 1. The summed E-state index contributed by atoms with van der Waals surface area (Å²) in [5.74, 6) is 0.461. The fourth-order valence-electron chi connectivity index (χ4n) is 3.47. The van der Waals surface area contributed by atoms with Crippen LogP contribution in [0.3, 0.4) is 0 Å². The number of hydrogen-bond acceptors (Lipinski definition) is 5. The molecular formula is C19H20N4O2. The van der Waals surface area contributed by atoms with Crippen LogP contribution >= 0.6 is 0 Å². The molecule has 4 rings (SSSR count). The minimum Gasteiger partial charge on any atom is -0.461 e. The van der Waals surface area contributed by atoms with Gasteiger partial charge in [0.2, 0.25) is 0 Å². The fourth-order valence-corrected chi connectivity index (χ4v) is 3.47. The number of aromatic nitrogens is 3. The smallest absolute Gasteiger partial charge is 0.357 e. The van der Waals surface area contributed by atoms with Crippen LogP contribution in [0.5, 0.6) is 0 Å². The van der Waals surface area contributed by atoms with Crippen molar-refractivity contribution in [2.75, 3.05) is 11.9 Å². The molecule has 0 amide bonds. The highest BCUT2D eigenvalue weighted by Gasteiger charge is 2.28. The van der Waals surface area contributed by atoms with Crippen LogP contribution in [0.15, 0.2) is 36.7 Å². The Kier molecular flexibility index (Phi) is 4.09. The molecule has 0 aliphatic carbocycles. The highest BCUT2D eigenvalue weighted by molar-refractivity contribution is 6.06. The van der Waals surface area contributed by atoms with Gasteiger partial charge in [-0.2, -0.15) is 0 Å². The van der Waals surface area contributed by atoms with Crippen LogP contribution < -0.4 is 5.32 Å². The molecule has 1 N–H and O–H groups in total. The lowest BCUT2D eigenvalue weighted by atomic mass is 10.2. The lowest BCUT2D eigenvalue weighted by molar-refractivity contribution is 0.0516. The predicted octanol–water partition coefficient (Wildman–Crippen LogP) is 3.17. The number of rotatable bonds is 5. The number of aryl methyl sites for hydroxylation is 1. The van der Waals surface area contributed by atoms with Gasteiger partial charge in [-0.3, -0.25) is 0 Å². The topological polar surface area (TPSA) is 69.0 Å². The Morgan fingerprint density at radius 2 is 2.12 bits per heavy atom. The van der Waals surface area contributed by atoms with Crippen LogP contribution in [0.1, 0.15) is 35.1 Å². The molecule has 3 aromatic rings. The number of nitrogens with zero attached hydrogens (tertiary/aromatic N) is 3. The molecule has 1 aliphatic heterocycles. The average molecular weight is 336 g/mol. The number of carbonyl (C=O) groups excluding carboxylic acids is 1. The quantitative estimate of drug-likeness (QED) is 0.725. The molecule has 0 spiro atoms. The molecule has 128 valence electrons. The highest BCUT2D eigenvalue weighted by Crippen LogP contribution is 2.34. The van der Waals surface area contributed by atoms with E-state index in [1.54, 1.807) is 0 Å². The molecule has 6 heteroatoms. The van der Waals surface area contributed by atoms with Gasteiger partial charge >= 0.3 is 5.97 Å². The first-order valence-corrected chi connectivity index (χ1v) is 8.60. The zero-order valence-electron chi connectivity index (χ0n) is 14.2. The van der Waals surface area contributed by atoms with Crippen molar-refractivity contribution >= 4 is 22.7 Å². The first kappa shape index (κ1) is 15.6. The molecule has 2 aromatic heterocycles. The Labute approximate surface area is 145 Å². The van der Waals surface area contributed by atoms with E-state index in [1.165, 1.54) is 11.9 Å². The van der Waals surface area contributed by atoms with Gasteiger partial charge in [0.05, 0.1) is 12.0 Å². The summed E-state index contributed by atoms with van der Waals surface area (Å²) in [6.45, 7) is 3.66. The zero-order valence-corrected chi connectivity index (χ0v) is 14.2. The van der Waals surface area contributed by atoms with E-state index in [2.05, 4.69) is 27.4 Å². The molecule has 6 nitrogen and oxygen atoms in total. The first-order chi connectivity index (χ1) is 12.3. The van der Waals surface area contributed by atoms with Crippen molar-refractivity contribution in [3.63, 3.8) is 0 Å². The number of carbonyl (C=O) groups is 1. The van der Waals surface area contributed by atoms with Crippen LogP contribution in [0.25, 0.3) is 10.9 Å². The summed E-state index contributed by atoms with van der Waals surface area (Å²) >= 11 is 0. The van der Waals surface area contributed by atoms with E-state index in [0.717, 1.165) is 36.3 Å². The van der Waals surface area contributed by atoms with Crippen molar-refractivity contribution < 1.29 is 9.53 Å². The van der Waals surface area contributed by atoms with E-state index in [-0.39, 0.29) is 5.97 Å². The van der Waals surface area contributed by atoms with Crippen LogP contribution in [-0.4, -0.2) is 27.1 Å². The monoisotopic (exact) mass is 336 g/mol. The van der Waals surface area contributed by atoms with Crippen molar-refractivity contribution in [3.05, 3.63) is 53.6 Å². The van der Waals surface area contributed by atoms with Crippen molar-refractivity contribution in [3.8, 4) is 0 Å². The lowest BCUT2D eigenvalue weighted by Gasteiger charge is -2.07. The van der Waals surface area contributed by atoms with Crippen molar-refractivity contribution in [1.29, 1.82) is 0 Å². The molecule has 1 aliphatic rings. The van der Waals surface area contributed by atoms with E-state index in [0.29, 0.717) is 24.4 Å². The summed E-state index contributed by atoms with van der Waals surface area (Å²) < 4.78 is 7.29. The predicted molar refractivity (Wildman–Crippen MR) is 95.6 cm³/mol. The summed E-state index contributed by atoms with van der Waals surface area (Å²) in [6, 6.07) is 10.2. The van der Waals surface area contributed by atoms with Crippen LogP contribution in [0.4, 0.5) is 5.82 Å². The normalized spacial score (nSPS) is 13.0. The second kappa shape index (κ2) is 6.55. The molecular weight excluding hydrogens is 316 g/mol. The molecule has 3 heterocycles. The highest BCUT2D eigenvalue weighted by atomic mass is 16.5. The summed E-state index contributed by atoms with van der Waals surface area (Å²) in [7, 11) is 0. The summed E-state index contributed by atoms with van der Waals surface area (Å²) in [5.41, 5.74) is 3.53. The lowest BCUT2D eigenvalue weighted by Crippen LogP contribution is -2.11. The molecule has 0 bridgehead atoms. The Hall–Kier alpha value is -2.89. The van der Waals surface area contributed by atoms with Gasteiger partial charge in [-0.15, -0.1) is 0 Å². The molecule has 0 saturated heterocycles. The summed E-state index contributed by atoms with van der Waals surface area (Å²) in [6.07, 6.45) is 3.45. The van der Waals surface area contributed by atoms with E-state index >= 15 is 0 Å². The zero-order chi connectivity index (χ0) is 17.2. The molecule has 1 aromatic carbocycles. The number of nitrogens with one attached hydrogen (secondary N) is 1. The average Bonchev–Trinajstić information content (AvgIpc) is 3.21. The Morgan fingerprint density at radius 1 is 1.28 bits per heavy atom. The fraction of sp³-hybridized carbons (Fsp3) is 0.316. The largest absolute Gasteiger partial charge is 0.461 e. The van der Waals surface area contributed by atoms with Gasteiger partial charge in [-0.05, 0) is 25.3 Å². The van der Waals surface area contributed by atoms with Gasteiger partial charge in [0, 0.05) is 18.8 Å². The SMILES string of the molecule is CCOC(=O)c1c2ncnc(NCc3ccccc3)c2c2n1CCC2. The van der Waals surface area contributed by atoms with E-state index in [9.17, 15) is 4.79 Å². The minimum absolute atomic E-state index is 0.312. The van der Waals surface area contributed by atoms with E-state index in [1.807, 2.05) is 29.7 Å². The Bertz CT molecular complexity index is 918. The molecule has 0 atom stereocenters.